The monoisotopic (exact) mass is 276 g/mol. The largest absolute Gasteiger partial charge is 0.346 e. The van der Waals surface area contributed by atoms with Gasteiger partial charge in [0, 0.05) is 17.1 Å². The number of rotatable bonds is 3. The Hall–Kier alpha value is -1.61. The molecule has 4 heteroatoms. The van der Waals surface area contributed by atoms with Crippen molar-refractivity contribution in [3.05, 3.63) is 42.1 Å². The van der Waals surface area contributed by atoms with E-state index in [4.69, 9.17) is 11.6 Å². The molecule has 0 spiro atoms. The summed E-state index contributed by atoms with van der Waals surface area (Å²) in [5, 5.41) is 3.74. The molecule has 0 saturated heterocycles. The fourth-order valence-electron chi connectivity index (χ4n) is 1.68. The fourth-order valence-corrected chi connectivity index (χ4v) is 1.74. The Morgan fingerprint density at radius 1 is 1.37 bits per heavy atom. The molecular formula is C15H17ClN2O. The molecule has 3 nitrogen and oxygen atoms in total. The molecule has 1 N–H and O–H groups in total. The van der Waals surface area contributed by atoms with Crippen LogP contribution >= 0.6 is 11.6 Å². The van der Waals surface area contributed by atoms with E-state index in [1.807, 2.05) is 45.0 Å². The highest BCUT2D eigenvalue weighted by atomic mass is 35.5. The highest BCUT2D eigenvalue weighted by Gasteiger charge is 2.26. The molecule has 2 aromatic rings. The number of aromatic nitrogens is 1. The maximum absolute atomic E-state index is 12.2. The molecule has 1 atom stereocenters. The van der Waals surface area contributed by atoms with Crippen LogP contribution in [0.1, 0.15) is 31.1 Å². The Morgan fingerprint density at radius 3 is 2.79 bits per heavy atom. The highest BCUT2D eigenvalue weighted by Crippen LogP contribution is 2.17. The van der Waals surface area contributed by atoms with Gasteiger partial charge in [-0.25, -0.2) is 0 Å². The van der Waals surface area contributed by atoms with Crippen molar-refractivity contribution in [2.75, 3.05) is 0 Å². The quantitative estimate of drug-likeness (QED) is 0.874. The zero-order valence-electron chi connectivity index (χ0n) is 11.3. The minimum Gasteiger partial charge on any atom is -0.346 e. The third kappa shape index (κ3) is 3.04. The first-order chi connectivity index (χ1) is 8.90. The van der Waals surface area contributed by atoms with Crippen LogP contribution in [0.5, 0.6) is 0 Å². The van der Waals surface area contributed by atoms with Gasteiger partial charge in [-0.05, 0) is 45.0 Å². The van der Waals surface area contributed by atoms with Gasteiger partial charge in [0.25, 0.3) is 5.91 Å². The van der Waals surface area contributed by atoms with Gasteiger partial charge in [-0.15, -0.1) is 11.6 Å². The molecule has 0 fully saturated rings. The SMILES string of the molecule is CC(Cl)C(C)(C)NC(=O)c1ccc2ncccc2c1. The predicted molar refractivity (Wildman–Crippen MR) is 78.6 cm³/mol. The topological polar surface area (TPSA) is 42.0 Å². The Balaban J connectivity index is 2.27. The van der Waals surface area contributed by atoms with Gasteiger partial charge in [0.2, 0.25) is 0 Å². The normalized spacial score (nSPS) is 13.3. The number of benzene rings is 1. The second-order valence-corrected chi connectivity index (χ2v) is 5.86. The first-order valence-electron chi connectivity index (χ1n) is 6.21. The second kappa shape index (κ2) is 5.17. The molecule has 1 heterocycles. The molecule has 0 radical (unpaired) electrons. The number of halogens is 1. The van der Waals surface area contributed by atoms with E-state index in [2.05, 4.69) is 10.3 Å². The van der Waals surface area contributed by atoms with E-state index in [0.717, 1.165) is 10.9 Å². The Kier molecular flexibility index (Phi) is 3.76. The van der Waals surface area contributed by atoms with E-state index in [1.54, 1.807) is 12.3 Å². The van der Waals surface area contributed by atoms with E-state index in [9.17, 15) is 4.79 Å². The van der Waals surface area contributed by atoms with E-state index in [1.165, 1.54) is 0 Å². The molecule has 1 aromatic carbocycles. The molecule has 0 aliphatic carbocycles. The van der Waals surface area contributed by atoms with Crippen molar-refractivity contribution in [2.45, 2.75) is 31.7 Å². The smallest absolute Gasteiger partial charge is 0.251 e. The Morgan fingerprint density at radius 2 is 2.11 bits per heavy atom. The third-order valence-corrected chi connectivity index (χ3v) is 3.84. The highest BCUT2D eigenvalue weighted by molar-refractivity contribution is 6.21. The van der Waals surface area contributed by atoms with Crippen LogP contribution in [0.3, 0.4) is 0 Å². The number of nitrogens with one attached hydrogen (secondary N) is 1. The number of nitrogens with zero attached hydrogens (tertiary/aromatic N) is 1. The van der Waals surface area contributed by atoms with Gasteiger partial charge >= 0.3 is 0 Å². The molecular weight excluding hydrogens is 260 g/mol. The molecule has 19 heavy (non-hydrogen) atoms. The average molecular weight is 277 g/mol. The van der Waals surface area contributed by atoms with Crippen LogP contribution in [-0.4, -0.2) is 21.8 Å². The van der Waals surface area contributed by atoms with Gasteiger partial charge in [0.05, 0.1) is 16.4 Å². The van der Waals surface area contributed by atoms with Crippen LogP contribution in [0.4, 0.5) is 0 Å². The van der Waals surface area contributed by atoms with Crippen LogP contribution in [-0.2, 0) is 0 Å². The van der Waals surface area contributed by atoms with Crippen molar-refractivity contribution >= 4 is 28.4 Å². The summed E-state index contributed by atoms with van der Waals surface area (Å²) in [6.45, 7) is 5.68. The number of alkyl halides is 1. The van der Waals surface area contributed by atoms with Crippen molar-refractivity contribution in [2.24, 2.45) is 0 Å². The van der Waals surface area contributed by atoms with Crippen LogP contribution in [0, 0.1) is 0 Å². The first-order valence-corrected chi connectivity index (χ1v) is 6.65. The van der Waals surface area contributed by atoms with E-state index < -0.39 is 5.54 Å². The van der Waals surface area contributed by atoms with Crippen molar-refractivity contribution in [1.82, 2.24) is 10.3 Å². The number of carbonyl (C=O) groups is 1. The van der Waals surface area contributed by atoms with Crippen molar-refractivity contribution < 1.29 is 4.79 Å². The molecule has 1 aromatic heterocycles. The summed E-state index contributed by atoms with van der Waals surface area (Å²) in [4.78, 5) is 16.4. The van der Waals surface area contributed by atoms with E-state index in [-0.39, 0.29) is 11.3 Å². The summed E-state index contributed by atoms with van der Waals surface area (Å²) in [6, 6.07) is 9.26. The third-order valence-electron chi connectivity index (χ3n) is 3.30. The maximum Gasteiger partial charge on any atom is 0.251 e. The van der Waals surface area contributed by atoms with Crippen molar-refractivity contribution in [3.63, 3.8) is 0 Å². The molecule has 1 amide bonds. The summed E-state index contributed by atoms with van der Waals surface area (Å²) in [5.41, 5.74) is 1.04. The fraction of sp³-hybridized carbons (Fsp3) is 0.333. The molecule has 0 saturated carbocycles. The molecule has 1 unspecified atom stereocenters. The van der Waals surface area contributed by atoms with Crippen LogP contribution in [0.15, 0.2) is 36.5 Å². The van der Waals surface area contributed by atoms with Crippen LogP contribution in [0.25, 0.3) is 10.9 Å². The molecule has 0 aliphatic heterocycles. The Labute approximate surface area is 118 Å². The number of hydrogen-bond donors (Lipinski definition) is 1. The molecule has 0 bridgehead atoms. The maximum atomic E-state index is 12.2. The van der Waals surface area contributed by atoms with Crippen LogP contribution in [0.2, 0.25) is 0 Å². The summed E-state index contributed by atoms with van der Waals surface area (Å²) < 4.78 is 0. The second-order valence-electron chi connectivity index (χ2n) is 5.20. The van der Waals surface area contributed by atoms with Gasteiger partial charge in [0.1, 0.15) is 0 Å². The lowest BCUT2D eigenvalue weighted by Gasteiger charge is -2.29. The zero-order valence-corrected chi connectivity index (χ0v) is 12.0. The summed E-state index contributed by atoms with van der Waals surface area (Å²) in [6.07, 6.45) is 1.74. The number of amides is 1. The number of hydrogen-bond acceptors (Lipinski definition) is 2. The minimum absolute atomic E-state index is 0.122. The van der Waals surface area contributed by atoms with Gasteiger partial charge in [-0.2, -0.15) is 0 Å². The lowest BCUT2D eigenvalue weighted by atomic mass is 10.0. The predicted octanol–water partition coefficient (Wildman–Crippen LogP) is 3.37. The zero-order chi connectivity index (χ0) is 14.0. The summed E-state index contributed by atoms with van der Waals surface area (Å²) >= 11 is 6.07. The summed E-state index contributed by atoms with van der Waals surface area (Å²) in [5.74, 6) is -0.122. The Bertz CT molecular complexity index is 608. The van der Waals surface area contributed by atoms with E-state index >= 15 is 0 Å². The standard InChI is InChI=1S/C15H17ClN2O/c1-10(16)15(2,3)18-14(19)12-6-7-13-11(9-12)5-4-8-17-13/h4-10H,1-3H3,(H,18,19). The van der Waals surface area contributed by atoms with E-state index in [0.29, 0.717) is 5.56 Å². The molecule has 0 aliphatic rings. The van der Waals surface area contributed by atoms with Crippen LogP contribution < -0.4 is 5.32 Å². The van der Waals surface area contributed by atoms with Gasteiger partial charge in [0.15, 0.2) is 0 Å². The molecule has 100 valence electrons. The number of pyridine rings is 1. The summed E-state index contributed by atoms with van der Waals surface area (Å²) in [7, 11) is 0. The first kappa shape index (κ1) is 13.8. The van der Waals surface area contributed by atoms with Crippen molar-refractivity contribution in [3.8, 4) is 0 Å². The van der Waals surface area contributed by atoms with Gasteiger partial charge in [-0.3, -0.25) is 9.78 Å². The lowest BCUT2D eigenvalue weighted by Crippen LogP contribution is -2.49. The van der Waals surface area contributed by atoms with Gasteiger partial charge < -0.3 is 5.32 Å². The average Bonchev–Trinajstić information content (AvgIpc) is 2.37. The number of carbonyl (C=O) groups excluding carboxylic acids is 1. The van der Waals surface area contributed by atoms with Crippen molar-refractivity contribution in [1.29, 1.82) is 0 Å². The lowest BCUT2D eigenvalue weighted by molar-refractivity contribution is 0.0912. The number of fused-ring (bicyclic) bond motifs is 1. The van der Waals surface area contributed by atoms with Gasteiger partial charge in [-0.1, -0.05) is 6.07 Å². The minimum atomic E-state index is -0.456. The molecule has 2 rings (SSSR count).